The van der Waals surface area contributed by atoms with E-state index in [1.807, 2.05) is 6.92 Å². The van der Waals surface area contributed by atoms with Crippen molar-refractivity contribution in [3.05, 3.63) is 60.4 Å². The molecular formula is C19H20N6O4S. The molecule has 156 valence electrons. The van der Waals surface area contributed by atoms with Crippen molar-refractivity contribution in [3.8, 4) is 17.1 Å². The zero-order valence-electron chi connectivity index (χ0n) is 16.4. The van der Waals surface area contributed by atoms with Gasteiger partial charge in [0.1, 0.15) is 5.69 Å². The number of nitrogens with one attached hydrogen (secondary N) is 2. The number of rotatable bonds is 8. The van der Waals surface area contributed by atoms with Crippen LogP contribution in [0.2, 0.25) is 0 Å². The second kappa shape index (κ2) is 9.27. The first kappa shape index (κ1) is 21.1. The third kappa shape index (κ3) is 5.95. The zero-order chi connectivity index (χ0) is 21.6. The first-order valence-corrected chi connectivity index (χ1v) is 10.9. The highest BCUT2D eigenvalue weighted by Gasteiger charge is 2.10. The van der Waals surface area contributed by atoms with Crippen LogP contribution in [-0.2, 0) is 16.6 Å². The summed E-state index contributed by atoms with van der Waals surface area (Å²) in [4.78, 5) is 29.1. The van der Waals surface area contributed by atoms with E-state index < -0.39 is 10.0 Å². The molecule has 0 bridgehead atoms. The number of hydrogen-bond acceptors (Lipinski definition) is 8. The molecular weight excluding hydrogens is 408 g/mol. The Bertz CT molecular complexity index is 1140. The molecule has 0 unspecified atom stereocenters. The van der Waals surface area contributed by atoms with Gasteiger partial charge in [-0.3, -0.25) is 24.5 Å². The maximum absolute atomic E-state index is 12.4. The Hall–Kier alpha value is -3.60. The van der Waals surface area contributed by atoms with Crippen LogP contribution < -0.4 is 14.8 Å². The number of carbonyl (C=O) groups is 1. The number of amides is 1. The molecule has 3 aromatic rings. The molecule has 0 spiro atoms. The molecule has 3 heterocycles. The minimum atomic E-state index is -3.39. The Balaban J connectivity index is 1.64. The Morgan fingerprint density at radius 1 is 1.13 bits per heavy atom. The van der Waals surface area contributed by atoms with E-state index >= 15 is 0 Å². The van der Waals surface area contributed by atoms with Crippen molar-refractivity contribution in [2.45, 2.75) is 13.5 Å². The molecule has 3 rings (SSSR count). The highest BCUT2D eigenvalue weighted by Crippen LogP contribution is 2.18. The minimum Gasteiger partial charge on any atom is -0.477 e. The van der Waals surface area contributed by atoms with Crippen molar-refractivity contribution >= 4 is 21.6 Å². The molecule has 0 fully saturated rings. The number of carbonyl (C=O) groups excluding carboxylic acids is 1. The van der Waals surface area contributed by atoms with Crippen LogP contribution in [0.5, 0.6) is 5.88 Å². The van der Waals surface area contributed by atoms with Crippen LogP contribution in [0.1, 0.15) is 23.1 Å². The Morgan fingerprint density at radius 3 is 2.67 bits per heavy atom. The van der Waals surface area contributed by atoms with Crippen molar-refractivity contribution < 1.29 is 17.9 Å². The molecule has 1 amide bonds. The van der Waals surface area contributed by atoms with Crippen LogP contribution in [0, 0.1) is 0 Å². The van der Waals surface area contributed by atoms with E-state index in [9.17, 15) is 13.2 Å². The lowest BCUT2D eigenvalue weighted by Gasteiger charge is -2.08. The number of aromatic nitrogens is 4. The lowest BCUT2D eigenvalue weighted by molar-refractivity contribution is 0.0945. The van der Waals surface area contributed by atoms with Gasteiger partial charge in [-0.2, -0.15) is 0 Å². The number of hydrogen-bond donors (Lipinski definition) is 2. The molecule has 0 aliphatic rings. The third-order valence-corrected chi connectivity index (χ3v) is 4.35. The summed E-state index contributed by atoms with van der Waals surface area (Å²) < 4.78 is 30.3. The van der Waals surface area contributed by atoms with Gasteiger partial charge < -0.3 is 10.1 Å². The van der Waals surface area contributed by atoms with Crippen LogP contribution in [0.4, 0.5) is 5.69 Å². The Kier molecular flexibility index (Phi) is 6.52. The summed E-state index contributed by atoms with van der Waals surface area (Å²) in [6.45, 7) is 2.46. The molecule has 11 heteroatoms. The van der Waals surface area contributed by atoms with Crippen LogP contribution in [0.25, 0.3) is 11.3 Å². The maximum atomic E-state index is 12.4. The minimum absolute atomic E-state index is 0.115. The van der Waals surface area contributed by atoms with Gasteiger partial charge in [-0.1, -0.05) is 0 Å². The fraction of sp³-hybridized carbons (Fsp3) is 0.211. The average Bonchev–Trinajstić information content (AvgIpc) is 2.72. The molecule has 0 aliphatic carbocycles. The largest absolute Gasteiger partial charge is 0.477 e. The summed E-state index contributed by atoms with van der Waals surface area (Å²) in [5, 5.41) is 2.70. The highest BCUT2D eigenvalue weighted by atomic mass is 32.2. The van der Waals surface area contributed by atoms with E-state index in [1.165, 1.54) is 24.7 Å². The van der Waals surface area contributed by atoms with E-state index in [4.69, 9.17) is 4.74 Å². The van der Waals surface area contributed by atoms with E-state index in [2.05, 4.69) is 30.0 Å². The van der Waals surface area contributed by atoms with Gasteiger partial charge in [-0.25, -0.2) is 13.4 Å². The molecule has 0 saturated heterocycles. The van der Waals surface area contributed by atoms with Gasteiger partial charge in [0.05, 0.1) is 48.9 Å². The lowest BCUT2D eigenvalue weighted by atomic mass is 10.2. The second-order valence-electron chi connectivity index (χ2n) is 6.20. The fourth-order valence-electron chi connectivity index (χ4n) is 2.50. The van der Waals surface area contributed by atoms with Crippen LogP contribution in [0.15, 0.2) is 49.1 Å². The van der Waals surface area contributed by atoms with Crippen LogP contribution in [-0.4, -0.2) is 47.1 Å². The number of pyridine rings is 2. The molecule has 10 nitrogen and oxygen atoms in total. The van der Waals surface area contributed by atoms with Gasteiger partial charge in [0.2, 0.25) is 15.9 Å². The lowest BCUT2D eigenvalue weighted by Crippen LogP contribution is -2.24. The second-order valence-corrected chi connectivity index (χ2v) is 7.95. The Morgan fingerprint density at radius 2 is 1.97 bits per heavy atom. The predicted octanol–water partition coefficient (Wildman–Crippen LogP) is 1.63. The van der Waals surface area contributed by atoms with Gasteiger partial charge in [-0.05, 0) is 31.2 Å². The highest BCUT2D eigenvalue weighted by molar-refractivity contribution is 7.92. The SMILES string of the molecule is CCOc1cncc(-c2ccc(C(=O)NCc3cc(NS(C)(=O)=O)ccn3)nc2)n1. The normalized spacial score (nSPS) is 11.0. The van der Waals surface area contributed by atoms with Gasteiger partial charge in [0.25, 0.3) is 5.91 Å². The monoisotopic (exact) mass is 428 g/mol. The molecule has 0 aromatic carbocycles. The van der Waals surface area contributed by atoms with E-state index in [0.29, 0.717) is 35.1 Å². The molecule has 3 aromatic heterocycles. The summed E-state index contributed by atoms with van der Waals surface area (Å²) in [5.41, 5.74) is 2.37. The molecule has 2 N–H and O–H groups in total. The van der Waals surface area contributed by atoms with Crippen molar-refractivity contribution in [3.63, 3.8) is 0 Å². The van der Waals surface area contributed by atoms with Gasteiger partial charge in [0, 0.05) is 18.0 Å². The molecule has 0 atom stereocenters. The quantitative estimate of drug-likeness (QED) is 0.552. The van der Waals surface area contributed by atoms with Gasteiger partial charge >= 0.3 is 0 Å². The first-order chi connectivity index (χ1) is 14.3. The summed E-state index contributed by atoms with van der Waals surface area (Å²) in [5.74, 6) is 0.0240. The van der Waals surface area contributed by atoms with Crippen LogP contribution in [0.3, 0.4) is 0 Å². The van der Waals surface area contributed by atoms with Crippen molar-refractivity contribution in [2.24, 2.45) is 0 Å². The maximum Gasteiger partial charge on any atom is 0.270 e. The van der Waals surface area contributed by atoms with Crippen LogP contribution >= 0.6 is 0 Å². The predicted molar refractivity (Wildman–Crippen MR) is 110 cm³/mol. The zero-order valence-corrected chi connectivity index (χ0v) is 17.2. The molecule has 30 heavy (non-hydrogen) atoms. The summed E-state index contributed by atoms with van der Waals surface area (Å²) >= 11 is 0. The first-order valence-electron chi connectivity index (χ1n) is 8.96. The molecule has 0 aliphatic heterocycles. The van der Waals surface area contributed by atoms with Crippen molar-refractivity contribution in [2.75, 3.05) is 17.6 Å². The third-order valence-electron chi connectivity index (χ3n) is 3.75. The smallest absolute Gasteiger partial charge is 0.270 e. The van der Waals surface area contributed by atoms with E-state index in [1.54, 1.807) is 24.4 Å². The number of sulfonamides is 1. The standard InChI is InChI=1S/C19H20N6O4S/c1-3-29-18-12-20-11-17(24-18)13-4-5-16(22-9-13)19(26)23-10-15-8-14(6-7-21-15)25-30(2,27)28/h4-9,11-12H,3,10H2,1-2H3,(H,21,25)(H,23,26). The summed E-state index contributed by atoms with van der Waals surface area (Å²) in [6.07, 6.45) is 7.16. The number of nitrogens with zero attached hydrogens (tertiary/aromatic N) is 4. The molecule has 0 saturated carbocycles. The number of ether oxygens (including phenoxy) is 1. The van der Waals surface area contributed by atoms with E-state index in [0.717, 1.165) is 6.26 Å². The van der Waals surface area contributed by atoms with E-state index in [-0.39, 0.29) is 18.1 Å². The average molecular weight is 428 g/mol. The summed E-state index contributed by atoms with van der Waals surface area (Å²) in [6, 6.07) is 6.36. The van der Waals surface area contributed by atoms with Gasteiger partial charge in [0.15, 0.2) is 0 Å². The van der Waals surface area contributed by atoms with Crippen molar-refractivity contribution in [1.29, 1.82) is 0 Å². The van der Waals surface area contributed by atoms with Crippen molar-refractivity contribution in [1.82, 2.24) is 25.3 Å². The topological polar surface area (TPSA) is 136 Å². The summed E-state index contributed by atoms with van der Waals surface area (Å²) in [7, 11) is -3.39. The Labute approximate surface area is 173 Å². The fourth-order valence-corrected chi connectivity index (χ4v) is 3.05. The van der Waals surface area contributed by atoms with Gasteiger partial charge in [-0.15, -0.1) is 0 Å². The number of anilines is 1. The molecule has 0 radical (unpaired) electrons.